The molecule has 1 fully saturated rings. The molecule has 1 aliphatic carbocycles. The van der Waals surface area contributed by atoms with Gasteiger partial charge in [-0.15, -0.1) is 0 Å². The lowest BCUT2D eigenvalue weighted by Gasteiger charge is -2.19. The van der Waals surface area contributed by atoms with E-state index in [1.807, 2.05) is 48.5 Å². The van der Waals surface area contributed by atoms with Crippen LogP contribution >= 0.6 is 23.2 Å². The number of aromatic nitrogens is 1. The Bertz CT molecular complexity index is 1380. The predicted molar refractivity (Wildman–Crippen MR) is 141 cm³/mol. The van der Waals surface area contributed by atoms with Crippen molar-refractivity contribution in [3.8, 4) is 28.1 Å². The average Bonchev–Trinajstić information content (AvgIpc) is 3.63. The smallest absolute Gasteiger partial charge is 0.313 e. The first-order valence-corrected chi connectivity index (χ1v) is 12.5. The molecule has 0 aliphatic heterocycles. The summed E-state index contributed by atoms with van der Waals surface area (Å²) in [6.07, 6.45) is 2.13. The second-order valence-corrected chi connectivity index (χ2v) is 10.4. The molecule has 3 aromatic carbocycles. The van der Waals surface area contributed by atoms with E-state index < -0.39 is 11.4 Å². The summed E-state index contributed by atoms with van der Waals surface area (Å²) in [6, 6.07) is 20.8. The fourth-order valence-corrected chi connectivity index (χ4v) is 4.73. The Labute approximate surface area is 219 Å². The van der Waals surface area contributed by atoms with Gasteiger partial charge in [0.1, 0.15) is 23.8 Å². The highest BCUT2D eigenvalue weighted by atomic mass is 35.5. The van der Waals surface area contributed by atoms with Gasteiger partial charge in [-0.3, -0.25) is 4.79 Å². The number of carbonyl (C=O) groups is 1. The van der Waals surface area contributed by atoms with E-state index in [9.17, 15) is 9.90 Å². The Morgan fingerprint density at radius 3 is 2.14 bits per heavy atom. The molecule has 1 heterocycles. The fourth-order valence-electron chi connectivity index (χ4n) is 4.15. The SMILES string of the molecule is CC(C)(C(=O)O)c1ccc(-c2ccc(OCc3c(-c4c(Cl)cccc4Cl)noc3C3CC3)cc2)cc1. The number of carboxylic acids is 1. The van der Waals surface area contributed by atoms with Crippen LogP contribution < -0.4 is 4.74 Å². The van der Waals surface area contributed by atoms with Gasteiger partial charge in [-0.05, 0) is 67.6 Å². The molecule has 0 atom stereocenters. The van der Waals surface area contributed by atoms with E-state index in [-0.39, 0.29) is 6.61 Å². The molecule has 0 saturated heterocycles. The topological polar surface area (TPSA) is 72.6 Å². The van der Waals surface area contributed by atoms with Gasteiger partial charge in [-0.1, -0.05) is 70.8 Å². The molecule has 36 heavy (non-hydrogen) atoms. The molecule has 5 nitrogen and oxygen atoms in total. The van der Waals surface area contributed by atoms with Crippen molar-refractivity contribution in [2.45, 2.75) is 44.6 Å². The zero-order valence-electron chi connectivity index (χ0n) is 19.9. The summed E-state index contributed by atoms with van der Waals surface area (Å²) in [4.78, 5) is 11.5. The van der Waals surface area contributed by atoms with Gasteiger partial charge in [-0.2, -0.15) is 0 Å². The maximum Gasteiger partial charge on any atom is 0.313 e. The lowest BCUT2D eigenvalue weighted by Crippen LogP contribution is -2.28. The minimum atomic E-state index is -0.940. The molecule has 0 spiro atoms. The minimum Gasteiger partial charge on any atom is -0.489 e. The molecular weight excluding hydrogens is 497 g/mol. The first-order valence-electron chi connectivity index (χ1n) is 11.8. The summed E-state index contributed by atoms with van der Waals surface area (Å²) in [5.74, 6) is 1.04. The lowest BCUT2D eigenvalue weighted by atomic mass is 9.84. The van der Waals surface area contributed by atoms with E-state index in [4.69, 9.17) is 32.5 Å². The molecule has 0 radical (unpaired) electrons. The van der Waals surface area contributed by atoms with Crippen molar-refractivity contribution < 1.29 is 19.2 Å². The minimum absolute atomic E-state index is 0.282. The van der Waals surface area contributed by atoms with E-state index in [0.717, 1.165) is 40.9 Å². The van der Waals surface area contributed by atoms with Crippen LogP contribution in [0.5, 0.6) is 5.75 Å². The van der Waals surface area contributed by atoms with E-state index in [1.54, 1.807) is 32.0 Å². The molecular formula is C29H25Cl2NO4. The third-order valence-electron chi connectivity index (χ3n) is 6.68. The third-order valence-corrected chi connectivity index (χ3v) is 7.31. The Morgan fingerprint density at radius 1 is 1.00 bits per heavy atom. The Morgan fingerprint density at radius 2 is 1.58 bits per heavy atom. The molecule has 1 N–H and O–H groups in total. The second kappa shape index (κ2) is 9.64. The van der Waals surface area contributed by atoms with E-state index in [2.05, 4.69) is 5.16 Å². The number of hydrogen-bond donors (Lipinski definition) is 1. The van der Waals surface area contributed by atoms with E-state index >= 15 is 0 Å². The van der Waals surface area contributed by atoms with Crippen molar-refractivity contribution in [1.29, 1.82) is 0 Å². The number of aliphatic carboxylic acids is 1. The number of hydrogen-bond acceptors (Lipinski definition) is 4. The van der Waals surface area contributed by atoms with Gasteiger partial charge < -0.3 is 14.4 Å². The summed E-state index contributed by atoms with van der Waals surface area (Å²) < 4.78 is 11.9. The first-order chi connectivity index (χ1) is 17.3. The molecule has 1 aliphatic rings. The fraction of sp³-hybridized carbons (Fsp3) is 0.241. The second-order valence-electron chi connectivity index (χ2n) is 9.57. The first kappa shape index (κ1) is 24.4. The Balaban J connectivity index is 1.35. The van der Waals surface area contributed by atoms with Crippen molar-refractivity contribution in [2.24, 2.45) is 0 Å². The molecule has 0 bridgehead atoms. The molecule has 1 aromatic heterocycles. The van der Waals surface area contributed by atoms with Gasteiger partial charge >= 0.3 is 5.97 Å². The standard InChI is InChI=1S/C29H25Cl2NO4/c1-29(2,28(33)34)20-12-8-17(9-13-20)18-10-14-21(15-11-18)35-16-22-26(32-36-27(22)19-6-7-19)25-23(30)4-3-5-24(25)31/h3-5,8-15,19H,6-7,16H2,1-2H3,(H,33,34). The van der Waals surface area contributed by atoms with Crippen LogP contribution in [0.1, 0.15) is 49.5 Å². The summed E-state index contributed by atoms with van der Waals surface area (Å²) >= 11 is 12.9. The average molecular weight is 522 g/mol. The highest BCUT2D eigenvalue weighted by Crippen LogP contribution is 2.46. The number of carboxylic acid groups (broad SMARTS) is 1. The van der Waals surface area contributed by atoms with Gasteiger partial charge in [0, 0.05) is 11.5 Å². The third kappa shape index (κ3) is 4.73. The summed E-state index contributed by atoms with van der Waals surface area (Å²) in [5.41, 5.74) is 3.96. The largest absolute Gasteiger partial charge is 0.489 e. The van der Waals surface area contributed by atoms with E-state index in [1.165, 1.54) is 0 Å². The molecule has 0 unspecified atom stereocenters. The Kier molecular flexibility index (Phi) is 6.54. The summed E-state index contributed by atoms with van der Waals surface area (Å²) in [5, 5.41) is 14.8. The highest BCUT2D eigenvalue weighted by molar-refractivity contribution is 6.39. The van der Waals surface area contributed by atoms with Crippen LogP contribution in [0.2, 0.25) is 10.0 Å². The van der Waals surface area contributed by atoms with Crippen LogP contribution in [0.4, 0.5) is 0 Å². The maximum atomic E-state index is 11.5. The van der Waals surface area contributed by atoms with Crippen molar-refractivity contribution >= 4 is 29.2 Å². The molecule has 4 aromatic rings. The monoisotopic (exact) mass is 521 g/mol. The normalized spacial score (nSPS) is 13.6. The number of benzene rings is 3. The summed E-state index contributed by atoms with van der Waals surface area (Å²) in [7, 11) is 0. The quantitative estimate of drug-likeness (QED) is 0.253. The molecule has 184 valence electrons. The highest BCUT2D eigenvalue weighted by Gasteiger charge is 2.34. The van der Waals surface area contributed by atoms with Crippen molar-refractivity contribution in [2.75, 3.05) is 0 Å². The summed E-state index contributed by atoms with van der Waals surface area (Å²) in [6.45, 7) is 3.68. The van der Waals surface area contributed by atoms with Gasteiger partial charge in [-0.25, -0.2) is 0 Å². The van der Waals surface area contributed by atoms with Gasteiger partial charge in [0.2, 0.25) is 0 Å². The van der Waals surface area contributed by atoms with Crippen molar-refractivity contribution in [3.63, 3.8) is 0 Å². The molecule has 1 saturated carbocycles. The Hall–Kier alpha value is -3.28. The van der Waals surface area contributed by atoms with Crippen LogP contribution in [0.15, 0.2) is 71.3 Å². The molecule has 7 heteroatoms. The van der Waals surface area contributed by atoms with Gasteiger partial charge in [0.05, 0.1) is 21.0 Å². The van der Waals surface area contributed by atoms with Crippen LogP contribution in [-0.4, -0.2) is 16.2 Å². The van der Waals surface area contributed by atoms with Gasteiger partial charge in [0.15, 0.2) is 0 Å². The van der Waals surface area contributed by atoms with Crippen LogP contribution in [0.3, 0.4) is 0 Å². The zero-order valence-corrected chi connectivity index (χ0v) is 21.4. The molecule has 5 rings (SSSR count). The van der Waals surface area contributed by atoms with Crippen LogP contribution in [-0.2, 0) is 16.8 Å². The number of halogens is 2. The predicted octanol–water partition coefficient (Wildman–Crippen LogP) is 8.13. The zero-order chi connectivity index (χ0) is 25.4. The van der Waals surface area contributed by atoms with E-state index in [0.29, 0.717) is 33.0 Å². The number of ether oxygens (including phenoxy) is 1. The lowest BCUT2D eigenvalue weighted by molar-refractivity contribution is -0.142. The maximum absolute atomic E-state index is 11.5. The molecule has 0 amide bonds. The van der Waals surface area contributed by atoms with Crippen LogP contribution in [0, 0.1) is 0 Å². The van der Waals surface area contributed by atoms with Gasteiger partial charge in [0.25, 0.3) is 0 Å². The number of nitrogens with zero attached hydrogens (tertiary/aromatic N) is 1. The van der Waals surface area contributed by atoms with Crippen LogP contribution in [0.25, 0.3) is 22.4 Å². The van der Waals surface area contributed by atoms with Crippen molar-refractivity contribution in [3.05, 3.63) is 93.7 Å². The number of rotatable bonds is 8. The van der Waals surface area contributed by atoms with Crippen molar-refractivity contribution in [1.82, 2.24) is 5.16 Å².